The third-order valence-corrected chi connectivity index (χ3v) is 2.73. The van der Waals surface area contributed by atoms with Gasteiger partial charge in [0, 0.05) is 5.56 Å². The molecule has 0 radical (unpaired) electrons. The molecule has 0 saturated carbocycles. The Morgan fingerprint density at radius 1 is 1.27 bits per heavy atom. The van der Waals surface area contributed by atoms with E-state index in [0.29, 0.717) is 6.61 Å². The van der Waals surface area contributed by atoms with Gasteiger partial charge >= 0.3 is 0 Å². The van der Waals surface area contributed by atoms with E-state index in [2.05, 4.69) is 19.1 Å². The van der Waals surface area contributed by atoms with E-state index in [9.17, 15) is 0 Å². The van der Waals surface area contributed by atoms with E-state index in [1.165, 1.54) is 5.56 Å². The van der Waals surface area contributed by atoms with Gasteiger partial charge in [-0.1, -0.05) is 29.8 Å². The third-order valence-electron chi connectivity index (χ3n) is 2.73. The van der Waals surface area contributed by atoms with Gasteiger partial charge in [-0.05, 0) is 13.8 Å². The minimum Gasteiger partial charge on any atom is -0.347 e. The Labute approximate surface area is 90.2 Å². The van der Waals surface area contributed by atoms with Crippen LogP contribution < -0.4 is 5.73 Å². The lowest BCUT2D eigenvalue weighted by Crippen LogP contribution is -2.44. The molecule has 1 aromatic carbocycles. The molecule has 1 heterocycles. The van der Waals surface area contributed by atoms with Crippen molar-refractivity contribution >= 4 is 0 Å². The van der Waals surface area contributed by atoms with E-state index in [1.807, 2.05) is 19.1 Å². The molecule has 0 aromatic heterocycles. The molecule has 0 unspecified atom stereocenters. The molecule has 0 spiro atoms. The van der Waals surface area contributed by atoms with Gasteiger partial charge in [0.2, 0.25) is 0 Å². The van der Waals surface area contributed by atoms with Crippen LogP contribution in [0, 0.1) is 6.92 Å². The highest BCUT2D eigenvalue weighted by atomic mass is 16.7. The zero-order valence-corrected chi connectivity index (χ0v) is 9.14. The summed E-state index contributed by atoms with van der Waals surface area (Å²) in [5.74, 6) is 0. The van der Waals surface area contributed by atoms with Crippen LogP contribution >= 0.6 is 0 Å². The Balaban J connectivity index is 2.08. The molecule has 2 rings (SSSR count). The van der Waals surface area contributed by atoms with Gasteiger partial charge in [-0.25, -0.2) is 0 Å². The third kappa shape index (κ3) is 2.37. The summed E-state index contributed by atoms with van der Waals surface area (Å²) in [5.41, 5.74) is 8.08. The quantitative estimate of drug-likeness (QED) is 0.763. The summed E-state index contributed by atoms with van der Waals surface area (Å²) in [6.45, 7) is 4.60. The number of benzene rings is 1. The summed E-state index contributed by atoms with van der Waals surface area (Å²) in [6.07, 6.45) is -0.217. The second-order valence-corrected chi connectivity index (χ2v) is 4.08. The first-order valence-electron chi connectivity index (χ1n) is 5.26. The largest absolute Gasteiger partial charge is 0.347 e. The van der Waals surface area contributed by atoms with Crippen molar-refractivity contribution in [2.24, 2.45) is 5.73 Å². The monoisotopic (exact) mass is 207 g/mol. The van der Waals surface area contributed by atoms with Crippen LogP contribution in [-0.2, 0) is 9.47 Å². The maximum Gasteiger partial charge on any atom is 0.184 e. The molecule has 1 fully saturated rings. The maximum atomic E-state index is 5.79. The molecule has 82 valence electrons. The van der Waals surface area contributed by atoms with Crippen LogP contribution in [-0.4, -0.2) is 18.8 Å². The zero-order chi connectivity index (χ0) is 10.8. The van der Waals surface area contributed by atoms with Crippen molar-refractivity contribution < 1.29 is 9.47 Å². The first kappa shape index (κ1) is 10.6. The number of ether oxygens (including phenoxy) is 2. The number of aryl methyl sites for hydroxylation is 1. The Morgan fingerprint density at radius 3 is 2.53 bits per heavy atom. The van der Waals surface area contributed by atoms with Crippen LogP contribution in [0.25, 0.3) is 0 Å². The number of nitrogens with two attached hydrogens (primary N) is 1. The SMILES string of the molecule is Cc1ccc([C@@H]2OC[C@@H](N)[C@H](C)O2)cc1. The molecular formula is C12H17NO2. The fourth-order valence-corrected chi connectivity index (χ4v) is 1.57. The molecule has 0 amide bonds. The standard InChI is InChI=1S/C12H17NO2/c1-8-3-5-10(6-4-8)12-14-7-11(13)9(2)15-12/h3-6,9,11-12H,7,13H2,1-2H3/t9-,11+,12+/m0/s1. The average molecular weight is 207 g/mol. The summed E-state index contributed by atoms with van der Waals surface area (Å²) in [7, 11) is 0. The summed E-state index contributed by atoms with van der Waals surface area (Å²) in [4.78, 5) is 0. The molecule has 1 aromatic rings. The highest BCUT2D eigenvalue weighted by Gasteiger charge is 2.26. The van der Waals surface area contributed by atoms with Crippen molar-refractivity contribution in [3.63, 3.8) is 0 Å². The molecule has 1 saturated heterocycles. The van der Waals surface area contributed by atoms with Crippen LogP contribution in [0.15, 0.2) is 24.3 Å². The molecule has 15 heavy (non-hydrogen) atoms. The van der Waals surface area contributed by atoms with Gasteiger partial charge in [-0.15, -0.1) is 0 Å². The average Bonchev–Trinajstić information content (AvgIpc) is 2.23. The number of rotatable bonds is 1. The van der Waals surface area contributed by atoms with Crippen molar-refractivity contribution in [3.8, 4) is 0 Å². The molecule has 3 heteroatoms. The Morgan fingerprint density at radius 2 is 1.93 bits per heavy atom. The van der Waals surface area contributed by atoms with Gasteiger partial charge in [-0.3, -0.25) is 0 Å². The highest BCUT2D eigenvalue weighted by molar-refractivity contribution is 5.22. The molecule has 3 nitrogen and oxygen atoms in total. The van der Waals surface area contributed by atoms with E-state index in [1.54, 1.807) is 0 Å². The summed E-state index contributed by atoms with van der Waals surface area (Å²) < 4.78 is 11.2. The topological polar surface area (TPSA) is 44.5 Å². The lowest BCUT2D eigenvalue weighted by Gasteiger charge is -2.32. The second-order valence-electron chi connectivity index (χ2n) is 4.08. The van der Waals surface area contributed by atoms with Crippen LogP contribution in [0.3, 0.4) is 0 Å². The summed E-state index contributed by atoms with van der Waals surface area (Å²) in [5, 5.41) is 0. The van der Waals surface area contributed by atoms with E-state index < -0.39 is 0 Å². The molecular weight excluding hydrogens is 190 g/mol. The van der Waals surface area contributed by atoms with Crippen molar-refractivity contribution in [2.75, 3.05) is 6.61 Å². The molecule has 0 aliphatic carbocycles. The predicted octanol–water partition coefficient (Wildman–Crippen LogP) is 1.76. The maximum absolute atomic E-state index is 5.79. The van der Waals surface area contributed by atoms with Gasteiger partial charge < -0.3 is 15.2 Å². The van der Waals surface area contributed by atoms with Gasteiger partial charge in [-0.2, -0.15) is 0 Å². The van der Waals surface area contributed by atoms with Crippen molar-refractivity contribution in [1.82, 2.24) is 0 Å². The van der Waals surface area contributed by atoms with E-state index >= 15 is 0 Å². The second kappa shape index (κ2) is 4.31. The Kier molecular flexibility index (Phi) is 3.05. The molecule has 1 aliphatic heterocycles. The lowest BCUT2D eigenvalue weighted by atomic mass is 10.1. The van der Waals surface area contributed by atoms with Crippen LogP contribution in [0.4, 0.5) is 0 Å². The fourth-order valence-electron chi connectivity index (χ4n) is 1.57. The van der Waals surface area contributed by atoms with Crippen molar-refractivity contribution in [1.29, 1.82) is 0 Å². The Bertz CT molecular complexity index is 323. The minimum absolute atomic E-state index is 0.0216. The molecule has 0 bridgehead atoms. The smallest absolute Gasteiger partial charge is 0.184 e. The van der Waals surface area contributed by atoms with E-state index in [-0.39, 0.29) is 18.4 Å². The Hall–Kier alpha value is -0.900. The minimum atomic E-state index is -0.264. The van der Waals surface area contributed by atoms with Crippen LogP contribution in [0.1, 0.15) is 24.3 Å². The normalized spacial score (nSPS) is 31.5. The van der Waals surface area contributed by atoms with Gasteiger partial charge in [0.05, 0.1) is 18.8 Å². The highest BCUT2D eigenvalue weighted by Crippen LogP contribution is 2.25. The van der Waals surface area contributed by atoms with Crippen molar-refractivity contribution in [3.05, 3.63) is 35.4 Å². The fraction of sp³-hybridized carbons (Fsp3) is 0.500. The van der Waals surface area contributed by atoms with Crippen LogP contribution in [0.5, 0.6) is 0 Å². The summed E-state index contributed by atoms with van der Waals surface area (Å²) in [6, 6.07) is 8.15. The van der Waals surface area contributed by atoms with Crippen molar-refractivity contribution in [2.45, 2.75) is 32.3 Å². The number of hydrogen-bond donors (Lipinski definition) is 1. The lowest BCUT2D eigenvalue weighted by molar-refractivity contribution is -0.219. The molecule has 2 N–H and O–H groups in total. The first-order valence-corrected chi connectivity index (χ1v) is 5.26. The van der Waals surface area contributed by atoms with Gasteiger partial charge in [0.25, 0.3) is 0 Å². The zero-order valence-electron chi connectivity index (χ0n) is 9.14. The van der Waals surface area contributed by atoms with Gasteiger partial charge in [0.1, 0.15) is 0 Å². The van der Waals surface area contributed by atoms with E-state index in [0.717, 1.165) is 5.56 Å². The van der Waals surface area contributed by atoms with E-state index in [4.69, 9.17) is 15.2 Å². The first-order chi connectivity index (χ1) is 7.16. The predicted molar refractivity (Wildman–Crippen MR) is 58.4 cm³/mol. The van der Waals surface area contributed by atoms with Gasteiger partial charge in [0.15, 0.2) is 6.29 Å². The van der Waals surface area contributed by atoms with Crippen LogP contribution in [0.2, 0.25) is 0 Å². The molecule has 3 atom stereocenters. The molecule has 1 aliphatic rings. The summed E-state index contributed by atoms with van der Waals surface area (Å²) >= 11 is 0. The number of hydrogen-bond acceptors (Lipinski definition) is 3.